The van der Waals surface area contributed by atoms with Gasteiger partial charge in [-0.25, -0.2) is 10.5 Å². The van der Waals surface area contributed by atoms with Crippen LogP contribution in [0.15, 0.2) is 17.2 Å². The van der Waals surface area contributed by atoms with Gasteiger partial charge >= 0.3 is 0 Å². The highest BCUT2D eigenvalue weighted by atomic mass is 15.1. The third kappa shape index (κ3) is 1.52. The minimum Gasteiger partial charge on any atom is -0.385 e. The molecule has 0 aliphatic rings. The molecule has 0 spiro atoms. The van der Waals surface area contributed by atoms with Crippen molar-refractivity contribution in [3.8, 4) is 0 Å². The fourth-order valence-electron chi connectivity index (χ4n) is 0.823. The van der Waals surface area contributed by atoms with E-state index in [1.165, 1.54) is 0 Å². The Hall–Kier alpha value is -1.45. The minimum absolute atomic E-state index is 0.438. The molecule has 0 saturated heterocycles. The van der Waals surface area contributed by atoms with Crippen LogP contribution in [0, 0.1) is 12.5 Å². The first-order valence-electron chi connectivity index (χ1n) is 3.31. The van der Waals surface area contributed by atoms with Crippen LogP contribution in [0.25, 0.3) is 0 Å². The molecule has 58 valence electrons. The van der Waals surface area contributed by atoms with E-state index in [1.54, 1.807) is 7.05 Å². The summed E-state index contributed by atoms with van der Waals surface area (Å²) >= 11 is 0. The average molecular weight is 150 g/mol. The summed E-state index contributed by atoms with van der Waals surface area (Å²) < 4.78 is 0. The van der Waals surface area contributed by atoms with Crippen molar-refractivity contribution in [2.75, 3.05) is 12.4 Å². The fourth-order valence-corrected chi connectivity index (χ4v) is 0.823. The van der Waals surface area contributed by atoms with Gasteiger partial charge in [-0.2, -0.15) is 0 Å². The van der Waals surface area contributed by atoms with Gasteiger partial charge in [0.15, 0.2) is 5.82 Å². The minimum atomic E-state index is 0.438. The van der Waals surface area contributed by atoms with Crippen molar-refractivity contribution < 1.29 is 0 Å². The standard InChI is InChI=1S/C7H10N4/c1-5-3-4-6(9-2)7(10-5)11-8/h3-4,8-9H,1-2H3. The van der Waals surface area contributed by atoms with E-state index in [1.807, 2.05) is 19.1 Å². The molecule has 4 heteroatoms. The molecule has 2 N–H and O–H groups in total. The van der Waals surface area contributed by atoms with E-state index in [0.29, 0.717) is 5.82 Å². The number of nitrogens with zero attached hydrogens (tertiary/aromatic N) is 2. The molecular formula is C7H10N4. The van der Waals surface area contributed by atoms with E-state index < -0.39 is 0 Å². The van der Waals surface area contributed by atoms with Crippen molar-refractivity contribution in [3.05, 3.63) is 17.8 Å². The largest absolute Gasteiger partial charge is 0.385 e. The summed E-state index contributed by atoms with van der Waals surface area (Å²) in [7, 11) is 1.78. The molecule has 0 radical (unpaired) electrons. The van der Waals surface area contributed by atoms with Crippen molar-refractivity contribution in [2.24, 2.45) is 5.11 Å². The number of rotatable bonds is 2. The zero-order valence-corrected chi connectivity index (χ0v) is 6.55. The zero-order chi connectivity index (χ0) is 8.27. The smallest absolute Gasteiger partial charge is 0.197 e. The highest BCUT2D eigenvalue weighted by Gasteiger charge is 1.99. The molecule has 1 aromatic rings. The van der Waals surface area contributed by atoms with Crippen molar-refractivity contribution in [1.29, 1.82) is 5.53 Å². The first-order chi connectivity index (χ1) is 5.27. The molecule has 0 atom stereocenters. The maximum Gasteiger partial charge on any atom is 0.197 e. The number of nitrogens with one attached hydrogen (secondary N) is 2. The lowest BCUT2D eigenvalue weighted by atomic mass is 10.3. The first-order valence-corrected chi connectivity index (χ1v) is 3.31. The maximum atomic E-state index is 6.81. The van der Waals surface area contributed by atoms with Gasteiger partial charge in [-0.05, 0) is 19.1 Å². The quantitative estimate of drug-likeness (QED) is 0.634. The molecule has 1 rings (SSSR count). The van der Waals surface area contributed by atoms with E-state index in [0.717, 1.165) is 11.4 Å². The molecule has 0 saturated carbocycles. The molecular weight excluding hydrogens is 140 g/mol. The second-order valence-electron chi connectivity index (χ2n) is 2.19. The van der Waals surface area contributed by atoms with E-state index >= 15 is 0 Å². The van der Waals surface area contributed by atoms with Gasteiger partial charge in [0.1, 0.15) is 0 Å². The highest BCUT2D eigenvalue weighted by Crippen LogP contribution is 2.20. The van der Waals surface area contributed by atoms with Crippen molar-refractivity contribution in [1.82, 2.24) is 4.98 Å². The number of pyridine rings is 1. The van der Waals surface area contributed by atoms with Crippen LogP contribution in [0.5, 0.6) is 0 Å². The summed E-state index contributed by atoms with van der Waals surface area (Å²) in [5.41, 5.74) is 8.46. The van der Waals surface area contributed by atoms with Crippen molar-refractivity contribution >= 4 is 11.5 Å². The maximum absolute atomic E-state index is 6.81. The van der Waals surface area contributed by atoms with E-state index in [4.69, 9.17) is 5.53 Å². The molecule has 0 aliphatic heterocycles. The second kappa shape index (κ2) is 3.09. The van der Waals surface area contributed by atoms with Crippen LogP contribution in [-0.4, -0.2) is 12.0 Å². The molecule has 1 aromatic heterocycles. The Kier molecular flexibility index (Phi) is 2.15. The number of anilines is 1. The molecule has 0 unspecified atom stereocenters. The van der Waals surface area contributed by atoms with Crippen LogP contribution < -0.4 is 5.32 Å². The highest BCUT2D eigenvalue weighted by molar-refractivity contribution is 5.60. The lowest BCUT2D eigenvalue weighted by Crippen LogP contribution is -1.90. The Bertz CT molecular complexity index is 269. The van der Waals surface area contributed by atoms with E-state index in [2.05, 4.69) is 15.4 Å². The van der Waals surface area contributed by atoms with Gasteiger partial charge in [-0.3, -0.25) is 0 Å². The Balaban J connectivity index is 3.16. The lowest BCUT2D eigenvalue weighted by molar-refractivity contribution is 1.07. The van der Waals surface area contributed by atoms with Crippen molar-refractivity contribution in [2.45, 2.75) is 6.92 Å². The number of hydrogen-bond acceptors (Lipinski definition) is 4. The number of aryl methyl sites for hydroxylation is 1. The van der Waals surface area contributed by atoms with Gasteiger partial charge in [-0.15, -0.1) is 5.11 Å². The Morgan fingerprint density at radius 2 is 2.27 bits per heavy atom. The summed E-state index contributed by atoms with van der Waals surface area (Å²) in [4.78, 5) is 4.05. The van der Waals surface area contributed by atoms with Gasteiger partial charge in [-0.1, -0.05) is 0 Å². The third-order valence-corrected chi connectivity index (χ3v) is 1.39. The molecule has 1 heterocycles. The summed E-state index contributed by atoms with van der Waals surface area (Å²) in [5.74, 6) is 0.438. The molecule has 11 heavy (non-hydrogen) atoms. The van der Waals surface area contributed by atoms with Crippen molar-refractivity contribution in [3.63, 3.8) is 0 Å². The Morgan fingerprint density at radius 3 is 2.82 bits per heavy atom. The van der Waals surface area contributed by atoms with Crippen LogP contribution >= 0.6 is 0 Å². The van der Waals surface area contributed by atoms with Gasteiger partial charge in [0.25, 0.3) is 0 Å². The number of aromatic nitrogens is 1. The van der Waals surface area contributed by atoms with Crippen LogP contribution in [0.4, 0.5) is 11.5 Å². The normalized spacial score (nSPS) is 9.27. The van der Waals surface area contributed by atoms with Gasteiger partial charge in [0, 0.05) is 12.7 Å². The zero-order valence-electron chi connectivity index (χ0n) is 6.55. The molecule has 4 nitrogen and oxygen atoms in total. The molecule has 0 aliphatic carbocycles. The molecule has 0 aromatic carbocycles. The van der Waals surface area contributed by atoms with Crippen LogP contribution in [-0.2, 0) is 0 Å². The van der Waals surface area contributed by atoms with E-state index in [9.17, 15) is 0 Å². The van der Waals surface area contributed by atoms with Crippen LogP contribution in [0.2, 0.25) is 0 Å². The van der Waals surface area contributed by atoms with Crippen LogP contribution in [0.3, 0.4) is 0 Å². The van der Waals surface area contributed by atoms with E-state index in [-0.39, 0.29) is 0 Å². The topological polar surface area (TPSA) is 61.1 Å². The summed E-state index contributed by atoms with van der Waals surface area (Å²) in [6, 6.07) is 3.73. The summed E-state index contributed by atoms with van der Waals surface area (Å²) in [5, 5.41) is 6.18. The average Bonchev–Trinajstić information content (AvgIpc) is 2.04. The van der Waals surface area contributed by atoms with Crippen LogP contribution in [0.1, 0.15) is 5.69 Å². The first kappa shape index (κ1) is 7.65. The second-order valence-corrected chi connectivity index (χ2v) is 2.19. The third-order valence-electron chi connectivity index (χ3n) is 1.39. The SMILES string of the molecule is CNc1ccc(C)nc1N=N. The van der Waals surface area contributed by atoms with Gasteiger partial charge < -0.3 is 5.32 Å². The van der Waals surface area contributed by atoms with Gasteiger partial charge in [0.2, 0.25) is 0 Å². The molecule has 0 amide bonds. The monoisotopic (exact) mass is 150 g/mol. The predicted molar refractivity (Wildman–Crippen MR) is 43.3 cm³/mol. The predicted octanol–water partition coefficient (Wildman–Crippen LogP) is 2.09. The fraction of sp³-hybridized carbons (Fsp3) is 0.286. The number of hydrogen-bond donors (Lipinski definition) is 2. The Labute approximate surface area is 65.2 Å². The van der Waals surface area contributed by atoms with Gasteiger partial charge in [0.05, 0.1) is 5.69 Å². The molecule has 0 fully saturated rings. The summed E-state index contributed by atoms with van der Waals surface area (Å²) in [6.45, 7) is 1.87. The molecule has 0 bridgehead atoms. The lowest BCUT2D eigenvalue weighted by Gasteiger charge is -2.02. The summed E-state index contributed by atoms with van der Waals surface area (Å²) in [6.07, 6.45) is 0. The Morgan fingerprint density at radius 1 is 1.55 bits per heavy atom.